The van der Waals surface area contributed by atoms with Crippen molar-refractivity contribution in [3.63, 3.8) is 0 Å². The highest BCUT2D eigenvalue weighted by Gasteiger charge is 2.19. The number of nitrogens with one attached hydrogen (secondary N) is 1. The van der Waals surface area contributed by atoms with Gasteiger partial charge in [0, 0.05) is 11.8 Å². The molecule has 1 aromatic rings. The second-order valence-electron chi connectivity index (χ2n) is 6.01. The first kappa shape index (κ1) is 14.8. The third-order valence-electron chi connectivity index (χ3n) is 3.42. The number of aliphatic imine (C=N–C) groups is 1. The van der Waals surface area contributed by atoms with Crippen LogP contribution in [0.5, 0.6) is 5.88 Å². The highest BCUT2D eigenvalue weighted by Crippen LogP contribution is 2.30. The van der Waals surface area contributed by atoms with Crippen LogP contribution in [0.3, 0.4) is 0 Å². The standard InChI is InChI=1S/C16H17N3O2/c1-9-12(14(20)19-15(21)13(9)7-17)6-11-5-10(8-18-11)16(2,3)4/h5-6,8H,1-4H3,(H2,19,20,21)/b11-6-. The van der Waals surface area contributed by atoms with Crippen LogP contribution in [-0.4, -0.2) is 16.3 Å². The van der Waals surface area contributed by atoms with Gasteiger partial charge in [0.05, 0.1) is 5.70 Å². The second kappa shape index (κ2) is 5.06. The molecule has 1 aliphatic heterocycles. The fourth-order valence-electron chi connectivity index (χ4n) is 2.05. The maximum absolute atomic E-state index is 11.6. The number of hydrogen-bond donors (Lipinski definition) is 2. The fourth-order valence-corrected chi connectivity index (χ4v) is 2.05. The number of nitriles is 1. The van der Waals surface area contributed by atoms with E-state index in [9.17, 15) is 9.90 Å². The number of aromatic nitrogens is 1. The Morgan fingerprint density at radius 3 is 2.62 bits per heavy atom. The normalized spacial score (nSPS) is 16.1. The van der Waals surface area contributed by atoms with Crippen LogP contribution in [0.2, 0.25) is 0 Å². The number of aromatic amines is 1. The molecular weight excluding hydrogens is 266 g/mol. The van der Waals surface area contributed by atoms with Gasteiger partial charge in [-0.3, -0.25) is 14.8 Å². The molecule has 0 bridgehead atoms. The lowest BCUT2D eigenvalue weighted by Crippen LogP contribution is -2.13. The maximum Gasteiger partial charge on any atom is 0.268 e. The minimum atomic E-state index is -0.588. The van der Waals surface area contributed by atoms with E-state index in [-0.39, 0.29) is 16.9 Å². The lowest BCUT2D eigenvalue weighted by molar-refractivity contribution is 0.449. The Labute approximate surface area is 123 Å². The number of rotatable bonds is 1. The van der Waals surface area contributed by atoms with Gasteiger partial charge in [-0.05, 0) is 35.6 Å². The molecule has 2 heterocycles. The Hall–Kier alpha value is -2.61. The van der Waals surface area contributed by atoms with Gasteiger partial charge in [0.1, 0.15) is 11.6 Å². The summed E-state index contributed by atoms with van der Waals surface area (Å²) in [5.41, 5.74) is 2.00. The molecule has 2 N–H and O–H groups in total. The molecule has 108 valence electrons. The molecule has 0 spiro atoms. The van der Waals surface area contributed by atoms with E-state index in [1.807, 2.05) is 12.1 Å². The van der Waals surface area contributed by atoms with Gasteiger partial charge >= 0.3 is 0 Å². The van der Waals surface area contributed by atoms with E-state index in [1.165, 1.54) is 0 Å². The number of allylic oxidation sites excluding steroid dienone is 2. The minimum Gasteiger partial charge on any atom is -0.494 e. The summed E-state index contributed by atoms with van der Waals surface area (Å²) < 4.78 is 0. The summed E-state index contributed by atoms with van der Waals surface area (Å²) >= 11 is 0. The Morgan fingerprint density at radius 1 is 1.43 bits per heavy atom. The van der Waals surface area contributed by atoms with Crippen LogP contribution in [0.15, 0.2) is 27.1 Å². The van der Waals surface area contributed by atoms with Crippen LogP contribution in [0.25, 0.3) is 6.08 Å². The van der Waals surface area contributed by atoms with Crippen molar-refractivity contribution in [1.82, 2.24) is 4.98 Å². The van der Waals surface area contributed by atoms with E-state index in [0.717, 1.165) is 5.57 Å². The summed E-state index contributed by atoms with van der Waals surface area (Å²) in [5, 5.41) is 18.9. The molecule has 0 aliphatic carbocycles. The van der Waals surface area contributed by atoms with Crippen LogP contribution in [0, 0.1) is 23.7 Å². The van der Waals surface area contributed by atoms with Crippen molar-refractivity contribution in [2.24, 2.45) is 10.4 Å². The van der Waals surface area contributed by atoms with Crippen molar-refractivity contribution in [3.05, 3.63) is 44.4 Å². The van der Waals surface area contributed by atoms with Gasteiger partial charge < -0.3 is 5.11 Å². The molecule has 2 rings (SSSR count). The van der Waals surface area contributed by atoms with E-state index in [4.69, 9.17) is 5.26 Å². The molecule has 1 aliphatic rings. The third kappa shape index (κ3) is 2.79. The molecular formula is C16H17N3O2. The van der Waals surface area contributed by atoms with Crippen LogP contribution >= 0.6 is 0 Å². The fraction of sp³-hybridized carbons (Fsp3) is 0.312. The molecule has 1 aromatic heterocycles. The predicted octanol–water partition coefficient (Wildman–Crippen LogP) is 2.66. The van der Waals surface area contributed by atoms with E-state index in [1.54, 1.807) is 19.2 Å². The van der Waals surface area contributed by atoms with Gasteiger partial charge in [0.15, 0.2) is 5.88 Å². The van der Waals surface area contributed by atoms with Crippen LogP contribution in [0.4, 0.5) is 0 Å². The molecule has 5 nitrogen and oxygen atoms in total. The predicted molar refractivity (Wildman–Crippen MR) is 82.2 cm³/mol. The summed E-state index contributed by atoms with van der Waals surface area (Å²) in [6.07, 6.45) is 5.38. The molecule has 0 saturated heterocycles. The van der Waals surface area contributed by atoms with Crippen molar-refractivity contribution in [3.8, 4) is 11.9 Å². The Balaban J connectivity index is 2.55. The first-order chi connectivity index (χ1) is 9.74. The highest BCUT2D eigenvalue weighted by molar-refractivity contribution is 5.87. The lowest BCUT2D eigenvalue weighted by atomic mass is 9.87. The number of aromatic hydroxyl groups is 1. The van der Waals surface area contributed by atoms with E-state index >= 15 is 0 Å². The largest absolute Gasteiger partial charge is 0.494 e. The lowest BCUT2D eigenvalue weighted by Gasteiger charge is -2.16. The molecule has 0 atom stereocenters. The van der Waals surface area contributed by atoms with Crippen molar-refractivity contribution in [2.45, 2.75) is 27.7 Å². The average molecular weight is 283 g/mol. The van der Waals surface area contributed by atoms with Gasteiger partial charge in [-0.15, -0.1) is 0 Å². The number of nitrogens with zero attached hydrogens (tertiary/aromatic N) is 2. The molecule has 0 saturated carbocycles. The molecule has 5 heteroatoms. The smallest absolute Gasteiger partial charge is 0.268 e. The number of H-pyrrole nitrogens is 1. The molecule has 0 radical (unpaired) electrons. The van der Waals surface area contributed by atoms with Gasteiger partial charge in [-0.25, -0.2) is 0 Å². The van der Waals surface area contributed by atoms with Crippen LogP contribution in [0.1, 0.15) is 37.5 Å². The average Bonchev–Trinajstić information content (AvgIpc) is 2.83. The summed E-state index contributed by atoms with van der Waals surface area (Å²) in [6, 6.07) is 1.85. The zero-order valence-electron chi connectivity index (χ0n) is 12.5. The molecule has 0 unspecified atom stereocenters. The first-order valence-corrected chi connectivity index (χ1v) is 6.58. The summed E-state index contributed by atoms with van der Waals surface area (Å²) in [6.45, 7) is 7.89. The highest BCUT2D eigenvalue weighted by atomic mass is 16.3. The van der Waals surface area contributed by atoms with Crippen molar-refractivity contribution in [1.29, 1.82) is 5.26 Å². The third-order valence-corrected chi connectivity index (χ3v) is 3.42. The number of pyridine rings is 1. The molecule has 21 heavy (non-hydrogen) atoms. The van der Waals surface area contributed by atoms with Crippen molar-refractivity contribution < 1.29 is 5.11 Å². The van der Waals surface area contributed by atoms with Gasteiger partial charge in [-0.2, -0.15) is 5.26 Å². The van der Waals surface area contributed by atoms with Gasteiger partial charge in [0.2, 0.25) is 0 Å². The second-order valence-corrected chi connectivity index (χ2v) is 6.01. The van der Waals surface area contributed by atoms with Crippen LogP contribution < -0.4 is 5.56 Å². The summed E-state index contributed by atoms with van der Waals surface area (Å²) in [7, 11) is 0. The monoisotopic (exact) mass is 283 g/mol. The maximum atomic E-state index is 11.6. The summed E-state index contributed by atoms with van der Waals surface area (Å²) in [4.78, 5) is 18.1. The zero-order chi connectivity index (χ0) is 15.8. The van der Waals surface area contributed by atoms with E-state index in [2.05, 4.69) is 30.7 Å². The van der Waals surface area contributed by atoms with E-state index in [0.29, 0.717) is 16.8 Å². The van der Waals surface area contributed by atoms with Gasteiger partial charge in [-0.1, -0.05) is 20.8 Å². The topological polar surface area (TPSA) is 89.2 Å². The van der Waals surface area contributed by atoms with E-state index < -0.39 is 5.56 Å². The number of hydrogen-bond acceptors (Lipinski definition) is 4. The van der Waals surface area contributed by atoms with Gasteiger partial charge in [0.25, 0.3) is 5.56 Å². The summed E-state index contributed by atoms with van der Waals surface area (Å²) in [5.74, 6) is -0.253. The Morgan fingerprint density at radius 2 is 2.10 bits per heavy atom. The first-order valence-electron chi connectivity index (χ1n) is 6.58. The van der Waals surface area contributed by atoms with Crippen LogP contribution in [-0.2, 0) is 0 Å². The Bertz CT molecular complexity index is 781. The quantitative estimate of drug-likeness (QED) is 0.830. The molecule has 0 fully saturated rings. The zero-order valence-corrected chi connectivity index (χ0v) is 12.5. The minimum absolute atomic E-state index is 0.00153. The Kier molecular flexibility index (Phi) is 3.56. The molecule has 0 amide bonds. The van der Waals surface area contributed by atoms with Crippen molar-refractivity contribution in [2.75, 3.05) is 0 Å². The molecule has 0 aromatic carbocycles. The SMILES string of the molecule is Cc1c(/C=C2/C=C(C(C)(C)C)C=N2)c(O)[nH]c(=O)c1C#N. The van der Waals surface area contributed by atoms with Crippen molar-refractivity contribution >= 4 is 12.3 Å².